The van der Waals surface area contributed by atoms with Gasteiger partial charge in [-0.3, -0.25) is 4.90 Å². The zero-order valence-electron chi connectivity index (χ0n) is 13.4. The maximum absolute atomic E-state index is 12.5. The molecule has 0 aromatic heterocycles. The number of aryl methyl sites for hydroxylation is 1. The Morgan fingerprint density at radius 1 is 1.39 bits per heavy atom. The Morgan fingerprint density at radius 3 is 2.96 bits per heavy atom. The Balaban J connectivity index is 1.50. The monoisotopic (exact) mass is 326 g/mol. The molecule has 0 radical (unpaired) electrons. The second-order valence-electron chi connectivity index (χ2n) is 6.34. The molecule has 6 heteroatoms. The molecule has 3 rings (SSSR count). The van der Waals surface area contributed by atoms with E-state index in [1.807, 2.05) is 13.0 Å². The van der Waals surface area contributed by atoms with Crippen molar-refractivity contribution in [3.63, 3.8) is 0 Å². The number of nitrogens with zero attached hydrogens (tertiary/aromatic N) is 1. The quantitative estimate of drug-likeness (QED) is 0.835. The van der Waals surface area contributed by atoms with E-state index in [1.165, 1.54) is 12.8 Å². The topological polar surface area (TPSA) is 33.7 Å². The van der Waals surface area contributed by atoms with Gasteiger partial charge in [0.05, 0.1) is 12.7 Å². The highest BCUT2D eigenvalue weighted by Crippen LogP contribution is 2.28. The van der Waals surface area contributed by atoms with E-state index in [9.17, 15) is 8.78 Å². The van der Waals surface area contributed by atoms with E-state index >= 15 is 0 Å². The highest BCUT2D eigenvalue weighted by Gasteiger charge is 2.32. The largest absolute Gasteiger partial charge is 0.434 e. The molecule has 23 heavy (non-hydrogen) atoms. The van der Waals surface area contributed by atoms with Crippen LogP contribution in [0.2, 0.25) is 0 Å². The van der Waals surface area contributed by atoms with Crippen molar-refractivity contribution in [2.24, 2.45) is 0 Å². The van der Waals surface area contributed by atoms with Gasteiger partial charge in [0.2, 0.25) is 0 Å². The first-order valence-corrected chi connectivity index (χ1v) is 8.22. The highest BCUT2D eigenvalue weighted by atomic mass is 19.3. The molecule has 1 saturated carbocycles. The predicted octanol–water partition coefficient (Wildman–Crippen LogP) is 2.55. The molecule has 2 aliphatic rings. The molecule has 1 unspecified atom stereocenters. The van der Waals surface area contributed by atoms with E-state index in [0.29, 0.717) is 13.1 Å². The zero-order valence-corrected chi connectivity index (χ0v) is 13.4. The van der Waals surface area contributed by atoms with Crippen LogP contribution in [-0.4, -0.2) is 49.9 Å². The minimum atomic E-state index is -2.80. The van der Waals surface area contributed by atoms with Crippen LogP contribution >= 0.6 is 0 Å². The van der Waals surface area contributed by atoms with Gasteiger partial charge in [-0.15, -0.1) is 0 Å². The summed E-state index contributed by atoms with van der Waals surface area (Å²) < 4.78 is 35.3. The smallest absolute Gasteiger partial charge is 0.387 e. The van der Waals surface area contributed by atoms with Gasteiger partial charge in [-0.05, 0) is 25.8 Å². The lowest BCUT2D eigenvalue weighted by Gasteiger charge is -2.33. The number of rotatable bonds is 7. The lowest BCUT2D eigenvalue weighted by molar-refractivity contribution is -0.0506. The molecule has 0 amide bonds. The normalized spacial score (nSPS) is 22.5. The summed E-state index contributed by atoms with van der Waals surface area (Å²) in [4.78, 5) is 2.49. The summed E-state index contributed by atoms with van der Waals surface area (Å²) in [5.74, 6) is 0.238. The lowest BCUT2D eigenvalue weighted by atomic mass is 10.1. The molecule has 1 aliphatic carbocycles. The van der Waals surface area contributed by atoms with Gasteiger partial charge in [0.25, 0.3) is 0 Å². The SMILES string of the molecule is Cc1ccc(OC(F)F)c(CNCC2CN(C3CC3)CCO2)c1. The lowest BCUT2D eigenvalue weighted by Crippen LogP contribution is -2.47. The first-order valence-electron chi connectivity index (χ1n) is 8.22. The fourth-order valence-electron chi connectivity index (χ4n) is 3.06. The molecule has 2 fully saturated rings. The number of morpholine rings is 1. The number of nitrogens with one attached hydrogen (secondary N) is 1. The first kappa shape index (κ1) is 16.6. The van der Waals surface area contributed by atoms with E-state index in [1.54, 1.807) is 12.1 Å². The zero-order chi connectivity index (χ0) is 16.2. The summed E-state index contributed by atoms with van der Waals surface area (Å²) in [5.41, 5.74) is 1.78. The maximum Gasteiger partial charge on any atom is 0.387 e. The van der Waals surface area contributed by atoms with Gasteiger partial charge in [0.1, 0.15) is 5.75 Å². The third kappa shape index (κ3) is 4.86. The van der Waals surface area contributed by atoms with Crippen molar-refractivity contribution in [1.29, 1.82) is 0 Å². The predicted molar refractivity (Wildman–Crippen MR) is 83.9 cm³/mol. The van der Waals surface area contributed by atoms with Crippen molar-refractivity contribution in [2.75, 3.05) is 26.2 Å². The Kier molecular flexibility index (Phi) is 5.46. The average Bonchev–Trinajstić information content (AvgIpc) is 3.35. The van der Waals surface area contributed by atoms with Crippen LogP contribution in [0.25, 0.3) is 0 Å². The van der Waals surface area contributed by atoms with Crippen molar-refractivity contribution in [3.05, 3.63) is 29.3 Å². The summed E-state index contributed by atoms with van der Waals surface area (Å²) in [5, 5.41) is 3.32. The summed E-state index contributed by atoms with van der Waals surface area (Å²) >= 11 is 0. The Morgan fingerprint density at radius 2 is 2.22 bits per heavy atom. The fraction of sp³-hybridized carbons (Fsp3) is 0.647. The molecule has 128 valence electrons. The molecule has 1 aromatic rings. The molecule has 1 atom stereocenters. The van der Waals surface area contributed by atoms with Gasteiger partial charge in [-0.25, -0.2) is 0 Å². The van der Waals surface area contributed by atoms with Crippen LogP contribution in [0.5, 0.6) is 5.75 Å². The van der Waals surface area contributed by atoms with Crippen LogP contribution in [0.15, 0.2) is 18.2 Å². The van der Waals surface area contributed by atoms with E-state index < -0.39 is 6.61 Å². The third-order valence-corrected chi connectivity index (χ3v) is 4.35. The van der Waals surface area contributed by atoms with E-state index in [-0.39, 0.29) is 11.9 Å². The molecule has 1 saturated heterocycles. The maximum atomic E-state index is 12.5. The van der Waals surface area contributed by atoms with Crippen molar-refractivity contribution in [1.82, 2.24) is 10.2 Å². The molecule has 0 bridgehead atoms. The first-order chi connectivity index (χ1) is 11.1. The summed E-state index contributed by atoms with van der Waals surface area (Å²) in [6, 6.07) is 6.01. The number of alkyl halides is 2. The molecule has 1 aromatic carbocycles. The standard InChI is InChI=1S/C17H24F2N2O2/c1-12-2-5-16(23-17(18)19)13(8-12)9-20-10-15-11-21(6-7-22-15)14-3-4-14/h2,5,8,14-15,17,20H,3-4,6-7,9-11H2,1H3. The highest BCUT2D eigenvalue weighted by molar-refractivity contribution is 5.36. The van der Waals surface area contributed by atoms with Gasteiger partial charge >= 0.3 is 6.61 Å². The number of hydrogen-bond donors (Lipinski definition) is 1. The van der Waals surface area contributed by atoms with Gasteiger partial charge in [-0.2, -0.15) is 8.78 Å². The van der Waals surface area contributed by atoms with Crippen LogP contribution in [0.1, 0.15) is 24.0 Å². The Hall–Kier alpha value is -1.24. The van der Waals surface area contributed by atoms with Gasteiger partial charge in [0.15, 0.2) is 0 Å². The molecule has 1 N–H and O–H groups in total. The van der Waals surface area contributed by atoms with Crippen molar-refractivity contribution >= 4 is 0 Å². The molecular weight excluding hydrogens is 302 g/mol. The van der Waals surface area contributed by atoms with Crippen LogP contribution in [0.4, 0.5) is 8.78 Å². The van der Waals surface area contributed by atoms with Gasteiger partial charge in [0, 0.05) is 37.8 Å². The number of halogens is 2. The van der Waals surface area contributed by atoms with Crippen LogP contribution in [0, 0.1) is 6.92 Å². The van der Waals surface area contributed by atoms with Gasteiger partial charge < -0.3 is 14.8 Å². The summed E-state index contributed by atoms with van der Waals surface area (Å²) in [6.07, 6.45) is 2.77. The van der Waals surface area contributed by atoms with Crippen LogP contribution in [0.3, 0.4) is 0 Å². The fourth-order valence-corrected chi connectivity index (χ4v) is 3.06. The molecule has 0 spiro atoms. The van der Waals surface area contributed by atoms with Crippen LogP contribution in [-0.2, 0) is 11.3 Å². The van der Waals surface area contributed by atoms with Crippen molar-refractivity contribution < 1.29 is 18.3 Å². The average molecular weight is 326 g/mol. The van der Waals surface area contributed by atoms with Gasteiger partial charge in [-0.1, -0.05) is 17.7 Å². The third-order valence-electron chi connectivity index (χ3n) is 4.35. The summed E-state index contributed by atoms with van der Waals surface area (Å²) in [7, 11) is 0. The van der Waals surface area contributed by atoms with Crippen molar-refractivity contribution in [2.45, 2.75) is 45.1 Å². The van der Waals surface area contributed by atoms with E-state index in [4.69, 9.17) is 4.74 Å². The second-order valence-corrected chi connectivity index (χ2v) is 6.34. The molecule has 1 heterocycles. The number of benzene rings is 1. The van der Waals surface area contributed by atoms with E-state index in [2.05, 4.69) is 15.0 Å². The minimum Gasteiger partial charge on any atom is -0.434 e. The molecule has 4 nitrogen and oxygen atoms in total. The minimum absolute atomic E-state index is 0.161. The van der Waals surface area contributed by atoms with Crippen LogP contribution < -0.4 is 10.1 Å². The molecular formula is C17H24F2N2O2. The molecule has 1 aliphatic heterocycles. The van der Waals surface area contributed by atoms with Crippen molar-refractivity contribution in [3.8, 4) is 5.75 Å². The van der Waals surface area contributed by atoms with E-state index in [0.717, 1.165) is 36.9 Å². The second kappa shape index (κ2) is 7.55. The number of hydrogen-bond acceptors (Lipinski definition) is 4. The summed E-state index contributed by atoms with van der Waals surface area (Å²) in [6.45, 7) is 3.08. The Bertz CT molecular complexity index is 523. The number of ether oxygens (including phenoxy) is 2. The Labute approximate surface area is 135 Å².